The molecule has 0 aliphatic heterocycles. The maximum absolute atomic E-state index is 12.9. The molecule has 1 aromatic carbocycles. The lowest BCUT2D eigenvalue weighted by Crippen LogP contribution is -2.07. The maximum Gasteiger partial charge on any atom is 0.125 e. The van der Waals surface area contributed by atoms with E-state index in [0.29, 0.717) is 18.5 Å². The van der Waals surface area contributed by atoms with Gasteiger partial charge in [-0.15, -0.1) is 24.8 Å². The molecule has 0 bridgehead atoms. The van der Waals surface area contributed by atoms with E-state index in [0.717, 1.165) is 11.3 Å². The number of imidazole rings is 1. The van der Waals surface area contributed by atoms with Crippen molar-refractivity contribution < 1.29 is 4.39 Å². The number of fused-ring (bicyclic) bond motifs is 1. The Hall–Kier alpha value is -0.840. The molecule has 2 N–H and O–H groups in total. The van der Waals surface area contributed by atoms with Crippen LogP contribution in [0.3, 0.4) is 0 Å². The summed E-state index contributed by atoms with van der Waals surface area (Å²) in [5.74, 6) is 0.642. The van der Waals surface area contributed by atoms with Gasteiger partial charge in [-0.25, -0.2) is 9.37 Å². The van der Waals surface area contributed by atoms with Gasteiger partial charge in [0, 0.05) is 19.5 Å². The fourth-order valence-electron chi connectivity index (χ4n) is 1.58. The molecule has 1 aromatic heterocycles. The first kappa shape index (κ1) is 15.2. The van der Waals surface area contributed by atoms with E-state index in [9.17, 15) is 4.39 Å². The normalized spacial score (nSPS) is 9.69. The molecule has 0 atom stereocenters. The molecular weight excluding hydrogens is 252 g/mol. The SMILES string of the molecule is Cl.Cl.Cn1c(CCN)nc2cc(F)ccc21. The quantitative estimate of drug-likeness (QED) is 0.904. The van der Waals surface area contributed by atoms with Crippen LogP contribution in [-0.2, 0) is 13.5 Å². The third kappa shape index (κ3) is 2.64. The lowest BCUT2D eigenvalue weighted by Gasteiger charge is -1.98. The highest BCUT2D eigenvalue weighted by Gasteiger charge is 2.06. The summed E-state index contributed by atoms with van der Waals surface area (Å²) in [5, 5.41) is 0. The Balaban J connectivity index is 0.00000112. The average molecular weight is 266 g/mol. The maximum atomic E-state index is 12.9. The van der Waals surface area contributed by atoms with Gasteiger partial charge in [0.1, 0.15) is 11.6 Å². The zero-order valence-electron chi connectivity index (χ0n) is 8.81. The minimum absolute atomic E-state index is 0. The minimum atomic E-state index is -0.255. The molecule has 0 spiro atoms. The van der Waals surface area contributed by atoms with Gasteiger partial charge in [-0.05, 0) is 18.7 Å². The molecule has 0 amide bonds. The summed E-state index contributed by atoms with van der Waals surface area (Å²) in [5.41, 5.74) is 7.08. The van der Waals surface area contributed by atoms with Crippen molar-refractivity contribution in [1.82, 2.24) is 9.55 Å². The van der Waals surface area contributed by atoms with Crippen molar-refractivity contribution in [2.45, 2.75) is 6.42 Å². The predicted molar refractivity (Wildman–Crippen MR) is 67.9 cm³/mol. The van der Waals surface area contributed by atoms with Crippen LogP contribution in [0, 0.1) is 5.82 Å². The predicted octanol–water partition coefficient (Wildman–Crippen LogP) is 2.06. The van der Waals surface area contributed by atoms with Gasteiger partial charge in [-0.1, -0.05) is 0 Å². The number of benzene rings is 1. The second-order valence-corrected chi connectivity index (χ2v) is 3.26. The van der Waals surface area contributed by atoms with Crippen molar-refractivity contribution in [3.05, 3.63) is 29.8 Å². The smallest absolute Gasteiger partial charge is 0.125 e. The number of nitrogens with zero attached hydrogens (tertiary/aromatic N) is 2. The molecule has 0 radical (unpaired) electrons. The van der Waals surface area contributed by atoms with Gasteiger partial charge in [0.25, 0.3) is 0 Å². The summed E-state index contributed by atoms with van der Waals surface area (Å²) < 4.78 is 14.8. The zero-order chi connectivity index (χ0) is 10.1. The highest BCUT2D eigenvalue weighted by Crippen LogP contribution is 2.16. The van der Waals surface area contributed by atoms with Gasteiger partial charge in [-0.3, -0.25) is 0 Å². The second-order valence-electron chi connectivity index (χ2n) is 3.26. The van der Waals surface area contributed by atoms with Crippen molar-refractivity contribution in [3.63, 3.8) is 0 Å². The molecule has 0 saturated heterocycles. The van der Waals surface area contributed by atoms with Crippen LogP contribution in [0.25, 0.3) is 11.0 Å². The molecule has 16 heavy (non-hydrogen) atoms. The average Bonchev–Trinajstić information content (AvgIpc) is 2.44. The Bertz CT molecular complexity index is 470. The van der Waals surface area contributed by atoms with Gasteiger partial charge >= 0.3 is 0 Å². The molecule has 0 aliphatic carbocycles. The molecule has 1 heterocycles. The first-order valence-corrected chi connectivity index (χ1v) is 4.53. The number of hydrogen-bond acceptors (Lipinski definition) is 2. The van der Waals surface area contributed by atoms with E-state index in [1.807, 2.05) is 11.6 Å². The Morgan fingerprint density at radius 3 is 2.69 bits per heavy atom. The van der Waals surface area contributed by atoms with E-state index in [4.69, 9.17) is 5.73 Å². The molecule has 90 valence electrons. The third-order valence-electron chi connectivity index (χ3n) is 2.30. The van der Waals surface area contributed by atoms with Gasteiger partial charge in [-0.2, -0.15) is 0 Å². The lowest BCUT2D eigenvalue weighted by atomic mass is 10.3. The van der Waals surface area contributed by atoms with E-state index >= 15 is 0 Å². The molecule has 6 heteroatoms. The topological polar surface area (TPSA) is 43.8 Å². The number of aryl methyl sites for hydroxylation is 1. The Morgan fingerprint density at radius 1 is 1.38 bits per heavy atom. The molecule has 0 unspecified atom stereocenters. The van der Waals surface area contributed by atoms with E-state index in [1.165, 1.54) is 12.1 Å². The van der Waals surface area contributed by atoms with Crippen LogP contribution in [0.2, 0.25) is 0 Å². The van der Waals surface area contributed by atoms with Gasteiger partial charge in [0.2, 0.25) is 0 Å². The molecular formula is C10H14Cl2FN3. The van der Waals surface area contributed by atoms with Gasteiger partial charge in [0.15, 0.2) is 0 Å². The number of hydrogen-bond donors (Lipinski definition) is 1. The van der Waals surface area contributed by atoms with Crippen LogP contribution in [0.1, 0.15) is 5.82 Å². The number of nitrogens with two attached hydrogens (primary N) is 1. The van der Waals surface area contributed by atoms with Crippen molar-refractivity contribution in [2.75, 3.05) is 6.54 Å². The van der Waals surface area contributed by atoms with Crippen LogP contribution >= 0.6 is 24.8 Å². The van der Waals surface area contributed by atoms with Crippen molar-refractivity contribution in [3.8, 4) is 0 Å². The fraction of sp³-hybridized carbons (Fsp3) is 0.300. The van der Waals surface area contributed by atoms with Crippen LogP contribution in [0.4, 0.5) is 4.39 Å². The van der Waals surface area contributed by atoms with E-state index in [2.05, 4.69) is 4.98 Å². The second kappa shape index (κ2) is 6.03. The Morgan fingerprint density at radius 2 is 2.06 bits per heavy atom. The molecule has 0 saturated carbocycles. The summed E-state index contributed by atoms with van der Waals surface area (Å²) in [4.78, 5) is 4.31. The van der Waals surface area contributed by atoms with E-state index < -0.39 is 0 Å². The Kier molecular flexibility index (Phi) is 5.72. The number of halogens is 3. The summed E-state index contributed by atoms with van der Waals surface area (Å²) >= 11 is 0. The monoisotopic (exact) mass is 265 g/mol. The zero-order valence-corrected chi connectivity index (χ0v) is 10.4. The highest BCUT2D eigenvalue weighted by molar-refractivity contribution is 5.85. The van der Waals surface area contributed by atoms with E-state index in [1.54, 1.807) is 6.07 Å². The summed E-state index contributed by atoms with van der Waals surface area (Å²) in [6, 6.07) is 4.61. The molecule has 3 nitrogen and oxygen atoms in total. The molecule has 2 rings (SSSR count). The molecule has 0 aliphatic rings. The first-order valence-electron chi connectivity index (χ1n) is 4.53. The molecule has 2 aromatic rings. The minimum Gasteiger partial charge on any atom is -0.331 e. The summed E-state index contributed by atoms with van der Waals surface area (Å²) in [6.45, 7) is 0.555. The van der Waals surface area contributed by atoms with Crippen LogP contribution in [0.5, 0.6) is 0 Å². The van der Waals surface area contributed by atoms with Crippen LogP contribution < -0.4 is 5.73 Å². The van der Waals surface area contributed by atoms with Gasteiger partial charge in [0.05, 0.1) is 11.0 Å². The first-order chi connectivity index (χ1) is 6.72. The summed E-state index contributed by atoms with van der Waals surface area (Å²) in [7, 11) is 1.91. The van der Waals surface area contributed by atoms with E-state index in [-0.39, 0.29) is 30.6 Å². The molecule has 0 fully saturated rings. The van der Waals surface area contributed by atoms with Crippen LogP contribution in [-0.4, -0.2) is 16.1 Å². The summed E-state index contributed by atoms with van der Waals surface area (Å²) in [6.07, 6.45) is 0.715. The lowest BCUT2D eigenvalue weighted by molar-refractivity contribution is 0.629. The highest BCUT2D eigenvalue weighted by atomic mass is 35.5. The fourth-order valence-corrected chi connectivity index (χ4v) is 1.58. The standard InChI is InChI=1S/C10H12FN3.2ClH/c1-14-9-3-2-7(11)6-8(9)13-10(14)4-5-12;;/h2-3,6H,4-5,12H2,1H3;2*1H. The van der Waals surface area contributed by atoms with Crippen LogP contribution in [0.15, 0.2) is 18.2 Å². The van der Waals surface area contributed by atoms with Gasteiger partial charge < -0.3 is 10.3 Å². The van der Waals surface area contributed by atoms with Crippen molar-refractivity contribution in [2.24, 2.45) is 12.8 Å². The van der Waals surface area contributed by atoms with Crippen molar-refractivity contribution in [1.29, 1.82) is 0 Å². The number of rotatable bonds is 2. The Labute approximate surface area is 106 Å². The van der Waals surface area contributed by atoms with Crippen molar-refractivity contribution >= 4 is 35.8 Å². The third-order valence-corrected chi connectivity index (χ3v) is 2.30. The largest absolute Gasteiger partial charge is 0.331 e. The number of aromatic nitrogens is 2.